The molecule has 2 fully saturated rings. The molecule has 3 atom stereocenters. The SMILES string of the molecule is CC(=O)[C@]1(C)C[C@]2(C[C@H](COCC(C)C)OC2=O)C(=O)O1. The minimum atomic E-state index is -1.34. The molecule has 2 aliphatic heterocycles. The quantitative estimate of drug-likeness (QED) is 0.561. The average Bonchev–Trinajstić information content (AvgIpc) is 2.79. The molecule has 2 saturated heterocycles. The van der Waals surface area contributed by atoms with E-state index in [9.17, 15) is 14.4 Å². The number of ether oxygens (including phenoxy) is 3. The fraction of sp³-hybridized carbons (Fsp3) is 0.800. The van der Waals surface area contributed by atoms with E-state index in [0.717, 1.165) is 0 Å². The Balaban J connectivity index is 2.05. The first-order valence-corrected chi connectivity index (χ1v) is 7.23. The molecule has 0 aliphatic carbocycles. The number of rotatable bonds is 5. The zero-order valence-corrected chi connectivity index (χ0v) is 12.9. The first kappa shape index (κ1) is 15.9. The highest BCUT2D eigenvalue weighted by Crippen LogP contribution is 2.49. The minimum absolute atomic E-state index is 0.0493. The van der Waals surface area contributed by atoms with Crippen LogP contribution in [0.15, 0.2) is 0 Å². The van der Waals surface area contributed by atoms with Gasteiger partial charge >= 0.3 is 11.9 Å². The molecule has 0 amide bonds. The van der Waals surface area contributed by atoms with Crippen LogP contribution in [0.1, 0.15) is 40.5 Å². The lowest BCUT2D eigenvalue weighted by molar-refractivity contribution is -0.162. The van der Waals surface area contributed by atoms with Gasteiger partial charge in [-0.3, -0.25) is 14.4 Å². The first-order chi connectivity index (χ1) is 9.69. The third-order valence-corrected chi connectivity index (χ3v) is 4.09. The molecule has 0 bridgehead atoms. The van der Waals surface area contributed by atoms with Gasteiger partial charge in [0, 0.05) is 19.4 Å². The van der Waals surface area contributed by atoms with Gasteiger partial charge in [0.2, 0.25) is 0 Å². The van der Waals surface area contributed by atoms with Gasteiger partial charge in [-0.2, -0.15) is 0 Å². The van der Waals surface area contributed by atoms with E-state index >= 15 is 0 Å². The van der Waals surface area contributed by atoms with Crippen LogP contribution in [0.3, 0.4) is 0 Å². The number of ketones is 1. The lowest BCUT2D eigenvalue weighted by Crippen LogP contribution is -2.35. The fourth-order valence-corrected chi connectivity index (χ4v) is 2.80. The summed E-state index contributed by atoms with van der Waals surface area (Å²) in [4.78, 5) is 35.9. The van der Waals surface area contributed by atoms with E-state index in [1.807, 2.05) is 13.8 Å². The van der Waals surface area contributed by atoms with Crippen LogP contribution < -0.4 is 0 Å². The summed E-state index contributed by atoms with van der Waals surface area (Å²) in [5, 5.41) is 0. The zero-order chi connectivity index (χ0) is 15.8. The second kappa shape index (κ2) is 5.40. The van der Waals surface area contributed by atoms with Gasteiger partial charge in [0.05, 0.1) is 6.61 Å². The molecule has 2 aliphatic rings. The molecule has 0 aromatic carbocycles. The van der Waals surface area contributed by atoms with Gasteiger partial charge < -0.3 is 14.2 Å². The van der Waals surface area contributed by atoms with Crippen molar-refractivity contribution in [3.8, 4) is 0 Å². The average molecular weight is 298 g/mol. The van der Waals surface area contributed by atoms with Gasteiger partial charge in [0.25, 0.3) is 0 Å². The van der Waals surface area contributed by atoms with Gasteiger partial charge in [-0.25, -0.2) is 0 Å². The highest BCUT2D eigenvalue weighted by Gasteiger charge is 2.65. The number of carbonyl (C=O) groups excluding carboxylic acids is 3. The second-order valence-corrected chi connectivity index (χ2v) is 6.60. The van der Waals surface area contributed by atoms with Crippen molar-refractivity contribution >= 4 is 17.7 Å². The minimum Gasteiger partial charge on any atom is -0.459 e. The molecule has 1 spiro atoms. The van der Waals surface area contributed by atoms with Crippen LogP contribution in [-0.4, -0.2) is 42.6 Å². The molecule has 21 heavy (non-hydrogen) atoms. The Kier molecular flexibility index (Phi) is 4.10. The van der Waals surface area contributed by atoms with Crippen molar-refractivity contribution in [1.82, 2.24) is 0 Å². The van der Waals surface area contributed by atoms with Crippen molar-refractivity contribution in [2.45, 2.75) is 52.2 Å². The Morgan fingerprint density at radius 1 is 1.38 bits per heavy atom. The Labute approximate surface area is 124 Å². The number of carbonyl (C=O) groups is 3. The van der Waals surface area contributed by atoms with Crippen LogP contribution in [0.25, 0.3) is 0 Å². The number of cyclic esters (lactones) is 2. The molecular weight excluding hydrogens is 276 g/mol. The Morgan fingerprint density at radius 2 is 2.05 bits per heavy atom. The van der Waals surface area contributed by atoms with E-state index in [4.69, 9.17) is 14.2 Å². The molecule has 6 heteroatoms. The number of esters is 2. The molecule has 0 unspecified atom stereocenters. The van der Waals surface area contributed by atoms with Crippen LogP contribution in [0, 0.1) is 11.3 Å². The number of Topliss-reactive ketones (excluding diaryl/α,β-unsaturated/α-hetero) is 1. The third kappa shape index (κ3) is 2.81. The summed E-state index contributed by atoms with van der Waals surface area (Å²) in [6.07, 6.45) is -0.197. The summed E-state index contributed by atoms with van der Waals surface area (Å²) in [6, 6.07) is 0. The number of hydrogen-bond donors (Lipinski definition) is 0. The normalized spacial score (nSPS) is 35.4. The lowest BCUT2D eigenvalue weighted by Gasteiger charge is -2.18. The lowest BCUT2D eigenvalue weighted by atomic mass is 9.77. The smallest absolute Gasteiger partial charge is 0.324 e. The monoisotopic (exact) mass is 298 g/mol. The summed E-state index contributed by atoms with van der Waals surface area (Å²) in [6.45, 7) is 7.77. The van der Waals surface area contributed by atoms with Crippen molar-refractivity contribution in [2.24, 2.45) is 11.3 Å². The molecule has 0 N–H and O–H groups in total. The first-order valence-electron chi connectivity index (χ1n) is 7.23. The molecule has 0 radical (unpaired) electrons. The largest absolute Gasteiger partial charge is 0.459 e. The highest BCUT2D eigenvalue weighted by molar-refractivity contribution is 6.06. The van der Waals surface area contributed by atoms with Crippen LogP contribution >= 0.6 is 0 Å². The predicted molar refractivity (Wildman–Crippen MR) is 72.4 cm³/mol. The van der Waals surface area contributed by atoms with Crippen molar-refractivity contribution in [3.05, 3.63) is 0 Å². The maximum absolute atomic E-state index is 12.1. The Morgan fingerprint density at radius 3 is 2.57 bits per heavy atom. The van der Waals surface area contributed by atoms with E-state index in [1.54, 1.807) is 0 Å². The molecule has 0 aromatic heterocycles. The van der Waals surface area contributed by atoms with Gasteiger partial charge in [-0.1, -0.05) is 13.8 Å². The summed E-state index contributed by atoms with van der Waals surface area (Å²) in [7, 11) is 0. The van der Waals surface area contributed by atoms with Crippen molar-refractivity contribution in [2.75, 3.05) is 13.2 Å². The van der Waals surface area contributed by atoms with Gasteiger partial charge in [0.1, 0.15) is 6.10 Å². The Hall–Kier alpha value is -1.43. The molecule has 2 rings (SSSR count). The van der Waals surface area contributed by atoms with Crippen LogP contribution in [-0.2, 0) is 28.6 Å². The Bertz CT molecular complexity index is 471. The van der Waals surface area contributed by atoms with E-state index in [2.05, 4.69) is 0 Å². The van der Waals surface area contributed by atoms with Crippen LogP contribution in [0.5, 0.6) is 0 Å². The zero-order valence-electron chi connectivity index (χ0n) is 12.9. The fourth-order valence-electron chi connectivity index (χ4n) is 2.80. The van der Waals surface area contributed by atoms with E-state index in [-0.39, 0.29) is 25.2 Å². The molecule has 2 heterocycles. The van der Waals surface area contributed by atoms with E-state index in [1.165, 1.54) is 13.8 Å². The molecule has 0 saturated carbocycles. The predicted octanol–water partition coefficient (Wildman–Crippen LogP) is 1.26. The maximum Gasteiger partial charge on any atom is 0.324 e. The van der Waals surface area contributed by atoms with Crippen LogP contribution in [0.4, 0.5) is 0 Å². The summed E-state index contributed by atoms with van der Waals surface area (Å²) >= 11 is 0. The molecular formula is C15H22O6. The topological polar surface area (TPSA) is 78.9 Å². The standard InChI is InChI=1S/C15H22O6/c1-9(2)6-19-7-11-5-15(12(17)20-11)8-14(4,10(3)16)21-13(15)18/h9,11H,5-8H2,1-4H3/t11-,14+,15+/m1/s1. The summed E-state index contributed by atoms with van der Waals surface area (Å²) in [5.74, 6) is -1.14. The molecule has 0 aromatic rings. The molecule has 118 valence electrons. The van der Waals surface area contributed by atoms with E-state index in [0.29, 0.717) is 12.5 Å². The maximum atomic E-state index is 12.1. The van der Waals surface area contributed by atoms with Crippen molar-refractivity contribution < 1.29 is 28.6 Å². The third-order valence-electron chi connectivity index (χ3n) is 4.09. The summed E-state index contributed by atoms with van der Waals surface area (Å²) < 4.78 is 15.9. The highest BCUT2D eigenvalue weighted by atomic mass is 16.6. The van der Waals surface area contributed by atoms with Gasteiger partial charge in [0.15, 0.2) is 16.8 Å². The van der Waals surface area contributed by atoms with Gasteiger partial charge in [-0.05, 0) is 19.8 Å². The van der Waals surface area contributed by atoms with Crippen molar-refractivity contribution in [3.63, 3.8) is 0 Å². The van der Waals surface area contributed by atoms with Gasteiger partial charge in [-0.15, -0.1) is 0 Å². The number of hydrogen-bond acceptors (Lipinski definition) is 6. The van der Waals surface area contributed by atoms with Crippen molar-refractivity contribution in [1.29, 1.82) is 0 Å². The molecule has 6 nitrogen and oxygen atoms in total. The summed E-state index contributed by atoms with van der Waals surface area (Å²) in [5.41, 5.74) is -2.57. The second-order valence-electron chi connectivity index (χ2n) is 6.60. The van der Waals surface area contributed by atoms with E-state index < -0.39 is 29.1 Å². The van der Waals surface area contributed by atoms with Crippen LogP contribution in [0.2, 0.25) is 0 Å².